The lowest BCUT2D eigenvalue weighted by Gasteiger charge is -2.29. The van der Waals surface area contributed by atoms with Gasteiger partial charge in [0.2, 0.25) is 5.91 Å². The van der Waals surface area contributed by atoms with Gasteiger partial charge in [-0.1, -0.05) is 50.5 Å². The molecule has 0 spiro atoms. The topological polar surface area (TPSA) is 82.4 Å². The molecule has 0 bridgehead atoms. The Hall–Kier alpha value is -2.93. The number of rotatable bonds is 12. The number of carbonyl (C=O) groups is 2. The molecule has 1 aromatic rings. The molecule has 3 aliphatic heterocycles. The summed E-state index contributed by atoms with van der Waals surface area (Å²) in [6, 6.07) is 5.88. The molecule has 0 radical (unpaired) electrons. The van der Waals surface area contributed by atoms with Gasteiger partial charge in [0, 0.05) is 50.4 Å². The van der Waals surface area contributed by atoms with Crippen LogP contribution in [0.2, 0.25) is 0 Å². The lowest BCUT2D eigenvalue weighted by Crippen LogP contribution is -2.44. The van der Waals surface area contributed by atoms with Gasteiger partial charge in [-0.25, -0.2) is 0 Å². The quantitative estimate of drug-likeness (QED) is 0.408. The van der Waals surface area contributed by atoms with Crippen molar-refractivity contribution in [1.82, 2.24) is 9.80 Å². The molecule has 206 valence electrons. The maximum Gasteiger partial charge on any atom is 0.308 e. The molecule has 1 saturated heterocycles. The van der Waals surface area contributed by atoms with E-state index in [4.69, 9.17) is 4.74 Å². The zero-order valence-corrected chi connectivity index (χ0v) is 23.0. The van der Waals surface area contributed by atoms with Crippen LogP contribution in [0.15, 0.2) is 47.1 Å². The first-order valence-corrected chi connectivity index (χ1v) is 14.4. The summed E-state index contributed by atoms with van der Waals surface area (Å²) in [5.41, 5.74) is 3.35. The Kier molecular flexibility index (Phi) is 10.2. The van der Waals surface area contributed by atoms with E-state index in [-0.39, 0.29) is 24.4 Å². The van der Waals surface area contributed by atoms with Gasteiger partial charge in [0.15, 0.2) is 0 Å². The number of allylic oxidation sites excluding steroid dienone is 2. The summed E-state index contributed by atoms with van der Waals surface area (Å²) in [6.07, 6.45) is 15.1. The maximum atomic E-state index is 13.6. The number of carboxylic acids is 1. The number of unbranched alkanes of at least 4 members (excludes halogenated alkanes) is 2. The summed E-state index contributed by atoms with van der Waals surface area (Å²) in [7, 11) is 0. The maximum absolute atomic E-state index is 13.6. The SMILES string of the molecule is CCCCN(CCCC)C(=O)CN1C[C@H](c2ccc3c(c2)CCO3)[C@@H](C(=O)O)[C@@H]1C/C=C1\C=CN=CCC1. The summed E-state index contributed by atoms with van der Waals surface area (Å²) in [6.45, 7) is 7.30. The minimum Gasteiger partial charge on any atom is -0.493 e. The molecule has 7 heteroatoms. The minimum absolute atomic E-state index is 0.111. The lowest BCUT2D eigenvalue weighted by molar-refractivity contribution is -0.143. The van der Waals surface area contributed by atoms with E-state index in [1.807, 2.05) is 29.3 Å². The van der Waals surface area contributed by atoms with Crippen LogP contribution >= 0.6 is 0 Å². The van der Waals surface area contributed by atoms with Crippen LogP contribution in [0.5, 0.6) is 5.75 Å². The van der Waals surface area contributed by atoms with Crippen molar-refractivity contribution >= 4 is 18.1 Å². The number of hydrogen-bond acceptors (Lipinski definition) is 5. The normalized spacial score (nSPS) is 23.8. The van der Waals surface area contributed by atoms with E-state index in [2.05, 4.69) is 35.9 Å². The van der Waals surface area contributed by atoms with Crippen LogP contribution < -0.4 is 4.74 Å². The Labute approximate surface area is 227 Å². The van der Waals surface area contributed by atoms with Crippen LogP contribution in [0.1, 0.15) is 75.8 Å². The van der Waals surface area contributed by atoms with Gasteiger partial charge < -0.3 is 14.7 Å². The standard InChI is InChI=1S/C31H43N3O4/c1-3-5-17-33(18-6-4-2)29(35)22-34-21-26(24-10-12-28-25(20-24)14-19-38-28)30(31(36)37)27(34)11-9-23-8-7-15-32-16-13-23/h9-10,12-13,15-16,20,26-27,30H,3-8,11,14,17-19,21-22H2,1-2H3,(H,36,37)/b23-9-/t26-,27+,30-/m1/s1. The Morgan fingerprint density at radius 3 is 2.71 bits per heavy atom. The van der Waals surface area contributed by atoms with Crippen LogP contribution in [0.3, 0.4) is 0 Å². The molecule has 1 aromatic carbocycles. The van der Waals surface area contributed by atoms with Crippen molar-refractivity contribution in [2.24, 2.45) is 10.9 Å². The highest BCUT2D eigenvalue weighted by Crippen LogP contribution is 2.41. The number of amides is 1. The molecular formula is C31H43N3O4. The molecular weight excluding hydrogens is 478 g/mol. The van der Waals surface area contributed by atoms with Gasteiger partial charge in [0.1, 0.15) is 5.75 Å². The first-order valence-electron chi connectivity index (χ1n) is 14.4. The third-order valence-corrected chi connectivity index (χ3v) is 8.09. The Balaban J connectivity index is 1.60. The van der Waals surface area contributed by atoms with Crippen molar-refractivity contribution in [3.05, 3.63) is 53.3 Å². The van der Waals surface area contributed by atoms with Crippen LogP contribution in [0.25, 0.3) is 0 Å². The van der Waals surface area contributed by atoms with Crippen molar-refractivity contribution < 1.29 is 19.4 Å². The van der Waals surface area contributed by atoms with Gasteiger partial charge in [-0.2, -0.15) is 0 Å². The molecule has 38 heavy (non-hydrogen) atoms. The molecule has 3 atom stereocenters. The first-order chi connectivity index (χ1) is 18.5. The van der Waals surface area contributed by atoms with Gasteiger partial charge in [-0.15, -0.1) is 0 Å². The van der Waals surface area contributed by atoms with Gasteiger partial charge in [-0.05, 0) is 55.4 Å². The Bertz CT molecular complexity index is 1060. The number of carbonyl (C=O) groups excluding carboxylic acids is 1. The number of benzene rings is 1. The van der Waals surface area contributed by atoms with Crippen LogP contribution in [-0.4, -0.2) is 71.8 Å². The molecule has 3 heterocycles. The van der Waals surface area contributed by atoms with E-state index < -0.39 is 11.9 Å². The first kappa shape index (κ1) is 28.1. The molecule has 0 aromatic heterocycles. The molecule has 7 nitrogen and oxygen atoms in total. The van der Waals surface area contributed by atoms with E-state index >= 15 is 0 Å². The highest BCUT2D eigenvalue weighted by atomic mass is 16.5. The number of aliphatic imine (C=N–C) groups is 1. The molecule has 0 saturated carbocycles. The second-order valence-electron chi connectivity index (χ2n) is 10.7. The molecule has 0 aliphatic carbocycles. The van der Waals surface area contributed by atoms with Crippen LogP contribution in [0, 0.1) is 5.92 Å². The number of ether oxygens (including phenoxy) is 1. The number of nitrogens with zero attached hydrogens (tertiary/aromatic N) is 3. The summed E-state index contributed by atoms with van der Waals surface area (Å²) in [4.78, 5) is 34.7. The summed E-state index contributed by atoms with van der Waals surface area (Å²) >= 11 is 0. The predicted octanol–water partition coefficient (Wildman–Crippen LogP) is 5.21. The fourth-order valence-corrected chi connectivity index (χ4v) is 5.92. The van der Waals surface area contributed by atoms with E-state index in [0.717, 1.165) is 74.9 Å². The number of aliphatic carboxylic acids is 1. The van der Waals surface area contributed by atoms with E-state index in [0.29, 0.717) is 19.6 Å². The molecule has 1 amide bonds. The molecule has 4 rings (SSSR count). The van der Waals surface area contributed by atoms with Gasteiger partial charge in [0.25, 0.3) is 0 Å². The zero-order valence-electron chi connectivity index (χ0n) is 23.0. The van der Waals surface area contributed by atoms with Crippen molar-refractivity contribution in [3.63, 3.8) is 0 Å². The fourth-order valence-electron chi connectivity index (χ4n) is 5.92. The Morgan fingerprint density at radius 2 is 1.97 bits per heavy atom. The van der Waals surface area contributed by atoms with Crippen LogP contribution in [0.4, 0.5) is 0 Å². The van der Waals surface area contributed by atoms with Crippen molar-refractivity contribution in [2.45, 2.75) is 77.2 Å². The number of carboxylic acid groups (broad SMARTS) is 1. The third kappa shape index (κ3) is 6.93. The average Bonchev–Trinajstić information content (AvgIpc) is 3.43. The molecule has 1 fully saturated rings. The smallest absolute Gasteiger partial charge is 0.308 e. The van der Waals surface area contributed by atoms with E-state index in [1.54, 1.807) is 6.20 Å². The van der Waals surface area contributed by atoms with E-state index in [1.165, 1.54) is 5.57 Å². The van der Waals surface area contributed by atoms with Crippen molar-refractivity contribution in [2.75, 3.05) is 32.8 Å². The molecule has 3 aliphatic rings. The van der Waals surface area contributed by atoms with Gasteiger partial charge >= 0.3 is 5.97 Å². The Morgan fingerprint density at radius 1 is 1.18 bits per heavy atom. The third-order valence-electron chi connectivity index (χ3n) is 8.09. The average molecular weight is 522 g/mol. The van der Waals surface area contributed by atoms with Crippen molar-refractivity contribution in [3.8, 4) is 5.75 Å². The second kappa shape index (κ2) is 13.7. The van der Waals surface area contributed by atoms with Crippen LogP contribution in [-0.2, 0) is 16.0 Å². The predicted molar refractivity (Wildman–Crippen MR) is 151 cm³/mol. The van der Waals surface area contributed by atoms with Gasteiger partial charge in [0.05, 0.1) is 19.1 Å². The highest BCUT2D eigenvalue weighted by molar-refractivity contribution is 5.79. The second-order valence-corrected chi connectivity index (χ2v) is 10.7. The highest BCUT2D eigenvalue weighted by Gasteiger charge is 2.47. The summed E-state index contributed by atoms with van der Waals surface area (Å²) in [5.74, 6) is -0.553. The largest absolute Gasteiger partial charge is 0.493 e. The summed E-state index contributed by atoms with van der Waals surface area (Å²) in [5, 5.41) is 10.5. The molecule has 1 N–H and O–H groups in total. The monoisotopic (exact) mass is 521 g/mol. The number of fused-ring (bicyclic) bond motifs is 1. The number of likely N-dealkylation sites (tertiary alicyclic amines) is 1. The fraction of sp³-hybridized carbons (Fsp3) is 0.581. The minimum atomic E-state index is -0.793. The molecule has 0 unspecified atom stereocenters. The summed E-state index contributed by atoms with van der Waals surface area (Å²) < 4.78 is 5.69. The lowest BCUT2D eigenvalue weighted by atomic mass is 9.83. The van der Waals surface area contributed by atoms with Gasteiger partial charge in [-0.3, -0.25) is 19.5 Å². The van der Waals surface area contributed by atoms with E-state index in [9.17, 15) is 14.7 Å². The zero-order chi connectivity index (χ0) is 26.9. The number of hydrogen-bond donors (Lipinski definition) is 1. The van der Waals surface area contributed by atoms with Crippen molar-refractivity contribution in [1.29, 1.82) is 0 Å².